The van der Waals surface area contributed by atoms with E-state index in [2.05, 4.69) is 31.9 Å². The first kappa shape index (κ1) is 40.5. The van der Waals surface area contributed by atoms with E-state index in [-0.39, 0.29) is 44.0 Å². The summed E-state index contributed by atoms with van der Waals surface area (Å²) in [5, 5.41) is 35.5. The topological polar surface area (TPSA) is 224 Å². The number of benzene rings is 1. The number of aliphatic hydroxyl groups is 1. The molecule has 8 N–H and O–H groups in total. The van der Waals surface area contributed by atoms with Crippen LogP contribution in [-0.4, -0.2) is 107 Å². The molecule has 0 aromatic heterocycles. The molecule has 1 fully saturated rings. The van der Waals surface area contributed by atoms with Gasteiger partial charge in [-0.25, -0.2) is 4.79 Å². The van der Waals surface area contributed by atoms with Crippen LogP contribution in [0.5, 0.6) is 5.75 Å². The minimum Gasteiger partial charge on any atom is -0.508 e. The van der Waals surface area contributed by atoms with E-state index < -0.39 is 66.1 Å². The number of phenols is 1. The Morgan fingerprint density at radius 1 is 0.917 bits per heavy atom. The Hall–Kier alpha value is -3.70. The quantitative estimate of drug-likeness (QED) is 0.137. The standard InChI is InChI=1S/C31H48N6O9S2/c1-19(38)26-29(44)32-14-16-48-47-15-12-24(40)36-23(17-20-8-10-21(39)11-9-20)27(42)34-18-25(41)35-22(28(43)37-26)7-5-6-13-33-30(45)46-31(2,3)4/h8-11,19,22-23,26,38-39H,5-7,12-18H2,1-4H3,(H,32,44)(H,33,45)(H,34,42)(H,35,41)(H,36,40)(H,37,43). The number of nitrogens with one attached hydrogen (secondary N) is 6. The summed E-state index contributed by atoms with van der Waals surface area (Å²) < 4.78 is 5.21. The van der Waals surface area contributed by atoms with Crippen LogP contribution in [0.1, 0.15) is 58.9 Å². The Labute approximate surface area is 288 Å². The molecular formula is C31H48N6O9S2. The van der Waals surface area contributed by atoms with Crippen molar-refractivity contribution in [2.45, 2.75) is 89.6 Å². The summed E-state index contributed by atoms with van der Waals surface area (Å²) in [5.74, 6) is -2.04. The smallest absolute Gasteiger partial charge is 0.407 e. The fourth-order valence-corrected chi connectivity index (χ4v) is 6.26. The first-order valence-corrected chi connectivity index (χ1v) is 18.2. The lowest BCUT2D eigenvalue weighted by Gasteiger charge is -2.25. The van der Waals surface area contributed by atoms with E-state index in [1.54, 1.807) is 32.9 Å². The molecular weight excluding hydrogens is 665 g/mol. The first-order valence-electron chi connectivity index (χ1n) is 15.8. The molecule has 268 valence electrons. The van der Waals surface area contributed by atoms with E-state index in [1.807, 2.05) is 0 Å². The summed E-state index contributed by atoms with van der Waals surface area (Å²) in [4.78, 5) is 77.0. The van der Waals surface area contributed by atoms with Crippen LogP contribution in [0, 0.1) is 0 Å². The van der Waals surface area contributed by atoms with Gasteiger partial charge in [-0.1, -0.05) is 33.7 Å². The first-order chi connectivity index (χ1) is 22.6. The van der Waals surface area contributed by atoms with Crippen LogP contribution in [0.3, 0.4) is 0 Å². The summed E-state index contributed by atoms with van der Waals surface area (Å²) in [6.07, 6.45) is -0.685. The van der Waals surface area contributed by atoms with Crippen molar-refractivity contribution in [1.82, 2.24) is 31.9 Å². The van der Waals surface area contributed by atoms with Crippen molar-refractivity contribution in [2.75, 3.05) is 31.1 Å². The molecule has 0 saturated carbocycles. The van der Waals surface area contributed by atoms with E-state index in [0.29, 0.717) is 29.9 Å². The van der Waals surface area contributed by atoms with E-state index in [4.69, 9.17) is 4.74 Å². The lowest BCUT2D eigenvalue weighted by molar-refractivity contribution is -0.134. The zero-order valence-electron chi connectivity index (χ0n) is 27.8. The Morgan fingerprint density at radius 3 is 2.25 bits per heavy atom. The third kappa shape index (κ3) is 16.4. The van der Waals surface area contributed by atoms with E-state index in [9.17, 15) is 39.0 Å². The molecule has 4 unspecified atom stereocenters. The van der Waals surface area contributed by atoms with E-state index >= 15 is 0 Å². The minimum absolute atomic E-state index is 0.0480. The molecule has 0 radical (unpaired) electrons. The van der Waals surface area contributed by atoms with Crippen molar-refractivity contribution >= 4 is 57.2 Å². The minimum atomic E-state index is -1.29. The maximum atomic E-state index is 13.3. The van der Waals surface area contributed by atoms with Gasteiger partial charge in [0.2, 0.25) is 29.5 Å². The number of aliphatic hydroxyl groups excluding tert-OH is 1. The number of hydrogen-bond donors (Lipinski definition) is 8. The Morgan fingerprint density at radius 2 is 1.58 bits per heavy atom. The number of unbranched alkanes of at least 4 members (excludes halogenated alkanes) is 1. The highest BCUT2D eigenvalue weighted by atomic mass is 33.1. The highest BCUT2D eigenvalue weighted by Crippen LogP contribution is 2.21. The van der Waals surface area contributed by atoms with Crippen molar-refractivity contribution in [2.24, 2.45) is 0 Å². The van der Waals surface area contributed by atoms with Gasteiger partial charge < -0.3 is 46.9 Å². The number of carbonyl (C=O) groups is 6. The van der Waals surface area contributed by atoms with Gasteiger partial charge in [0.15, 0.2) is 0 Å². The van der Waals surface area contributed by atoms with Crippen molar-refractivity contribution in [3.63, 3.8) is 0 Å². The van der Waals surface area contributed by atoms with Gasteiger partial charge in [-0.05, 0) is 64.7 Å². The van der Waals surface area contributed by atoms with Crippen molar-refractivity contribution in [3.8, 4) is 5.75 Å². The maximum Gasteiger partial charge on any atom is 0.407 e. The lowest BCUT2D eigenvalue weighted by Crippen LogP contribution is -2.58. The predicted molar refractivity (Wildman–Crippen MR) is 183 cm³/mol. The number of alkyl carbamates (subject to hydrolysis) is 1. The molecule has 0 spiro atoms. The predicted octanol–water partition coefficient (Wildman–Crippen LogP) is 0.482. The second kappa shape index (κ2) is 20.6. The number of rotatable bonds is 8. The molecule has 0 bridgehead atoms. The Kier molecular flexibility index (Phi) is 17.4. The zero-order valence-corrected chi connectivity index (χ0v) is 29.4. The molecule has 1 aliphatic rings. The van der Waals surface area contributed by atoms with E-state index in [0.717, 1.165) is 0 Å². The lowest BCUT2D eigenvalue weighted by atomic mass is 10.0. The molecule has 6 amide bonds. The normalized spacial score (nSPS) is 21.8. The van der Waals surface area contributed by atoms with Crippen LogP contribution < -0.4 is 31.9 Å². The molecule has 0 aliphatic carbocycles. The molecule has 1 heterocycles. The van der Waals surface area contributed by atoms with Gasteiger partial charge in [-0.3, -0.25) is 24.0 Å². The van der Waals surface area contributed by atoms with Crippen LogP contribution in [0.4, 0.5) is 4.79 Å². The average Bonchev–Trinajstić information content (AvgIpc) is 3.00. The number of phenolic OH excluding ortho intramolecular Hbond substituents is 1. The average molecular weight is 713 g/mol. The Bertz CT molecular complexity index is 1240. The van der Waals surface area contributed by atoms with Gasteiger partial charge in [-0.15, -0.1) is 0 Å². The van der Waals surface area contributed by atoms with Crippen molar-refractivity contribution in [3.05, 3.63) is 29.8 Å². The fourth-order valence-electron chi connectivity index (χ4n) is 4.36. The third-order valence-corrected chi connectivity index (χ3v) is 9.14. The molecule has 1 aromatic carbocycles. The van der Waals surface area contributed by atoms with Gasteiger partial charge in [0.25, 0.3) is 0 Å². The molecule has 1 aliphatic heterocycles. The molecule has 48 heavy (non-hydrogen) atoms. The van der Waals surface area contributed by atoms with Gasteiger partial charge in [0.1, 0.15) is 29.5 Å². The van der Waals surface area contributed by atoms with Gasteiger partial charge in [0, 0.05) is 37.4 Å². The number of amides is 6. The molecule has 17 heteroatoms. The maximum absolute atomic E-state index is 13.3. The molecule has 4 atom stereocenters. The van der Waals surface area contributed by atoms with Crippen molar-refractivity contribution in [1.29, 1.82) is 0 Å². The van der Waals surface area contributed by atoms with Crippen LogP contribution in [0.2, 0.25) is 0 Å². The zero-order chi connectivity index (χ0) is 35.7. The van der Waals surface area contributed by atoms with Crippen LogP contribution >= 0.6 is 21.6 Å². The third-order valence-electron chi connectivity index (χ3n) is 6.73. The second-order valence-corrected chi connectivity index (χ2v) is 14.9. The monoisotopic (exact) mass is 712 g/mol. The molecule has 15 nitrogen and oxygen atoms in total. The summed E-state index contributed by atoms with van der Waals surface area (Å²) in [6, 6.07) is 2.72. The number of carbonyl (C=O) groups excluding carboxylic acids is 6. The highest BCUT2D eigenvalue weighted by molar-refractivity contribution is 8.76. The van der Waals surface area contributed by atoms with Crippen LogP contribution in [0.25, 0.3) is 0 Å². The van der Waals surface area contributed by atoms with Gasteiger partial charge >= 0.3 is 6.09 Å². The number of hydrogen-bond acceptors (Lipinski definition) is 11. The fraction of sp³-hybridized carbons (Fsp3) is 0.613. The van der Waals surface area contributed by atoms with Gasteiger partial charge in [-0.2, -0.15) is 0 Å². The molecule has 1 saturated heterocycles. The van der Waals surface area contributed by atoms with E-state index in [1.165, 1.54) is 40.6 Å². The second-order valence-electron chi connectivity index (χ2n) is 12.2. The Balaban J connectivity index is 2.17. The summed E-state index contributed by atoms with van der Waals surface area (Å²) in [7, 11) is 2.84. The largest absolute Gasteiger partial charge is 0.508 e. The van der Waals surface area contributed by atoms with Crippen molar-refractivity contribution < 1.29 is 43.7 Å². The highest BCUT2D eigenvalue weighted by Gasteiger charge is 2.30. The summed E-state index contributed by atoms with van der Waals surface area (Å²) in [5.41, 5.74) is 0.00839. The molecule has 2 rings (SSSR count). The van der Waals surface area contributed by atoms with Crippen LogP contribution in [0.15, 0.2) is 24.3 Å². The number of ether oxygens (including phenoxy) is 1. The molecule has 1 aromatic rings. The number of aromatic hydroxyl groups is 1. The van der Waals surface area contributed by atoms with Crippen LogP contribution in [-0.2, 0) is 35.1 Å². The summed E-state index contributed by atoms with van der Waals surface area (Å²) >= 11 is 0. The SMILES string of the molecule is CC(O)C1NC(=O)C(CCCCNC(=O)OC(C)(C)C)NC(=O)CNC(=O)C(Cc2ccc(O)cc2)NC(=O)CCSSCCNC1=O. The summed E-state index contributed by atoms with van der Waals surface area (Å²) in [6.45, 7) is 6.55. The van der Waals surface area contributed by atoms with Gasteiger partial charge in [0.05, 0.1) is 12.6 Å².